The molecule has 0 aliphatic carbocycles. The third kappa shape index (κ3) is 15.5. The van der Waals surface area contributed by atoms with Crippen molar-refractivity contribution in [3.05, 3.63) is 29.8 Å². The van der Waals surface area contributed by atoms with Crippen LogP contribution in [0.2, 0.25) is 0 Å². The second-order valence-corrected chi connectivity index (χ2v) is 5.27. The zero-order valence-corrected chi connectivity index (χ0v) is 14.3. The number of esters is 1. The summed E-state index contributed by atoms with van der Waals surface area (Å²) >= 11 is 0. The lowest BCUT2D eigenvalue weighted by Gasteiger charge is -2.19. The first kappa shape index (κ1) is 22.6. The van der Waals surface area contributed by atoms with Gasteiger partial charge in [0.05, 0.1) is 7.11 Å². The highest BCUT2D eigenvalue weighted by molar-refractivity contribution is 5.77. The maximum Gasteiger partial charge on any atom is 0.408 e. The van der Waals surface area contributed by atoms with Gasteiger partial charge in [-0.05, 0) is 39.8 Å². The number of aromatic hydroxyl groups is 1. The molecule has 0 bridgehead atoms. The lowest BCUT2D eigenvalue weighted by Crippen LogP contribution is -2.35. The van der Waals surface area contributed by atoms with Gasteiger partial charge in [-0.15, -0.1) is 12.8 Å². The Morgan fingerprint density at radius 1 is 1.17 bits per heavy atom. The van der Waals surface area contributed by atoms with Crippen molar-refractivity contribution in [1.29, 1.82) is 0 Å². The number of hydrogen-bond acceptors (Lipinski definition) is 5. The summed E-state index contributed by atoms with van der Waals surface area (Å²) in [6.07, 6.45) is 7.37. The summed E-state index contributed by atoms with van der Waals surface area (Å²) in [6, 6.07) is 7.09. The van der Waals surface area contributed by atoms with Gasteiger partial charge in [0, 0.05) is 0 Å². The lowest BCUT2D eigenvalue weighted by molar-refractivity contribution is -0.139. The molecule has 0 saturated heterocycles. The highest BCUT2D eigenvalue weighted by Crippen LogP contribution is 2.07. The van der Waals surface area contributed by atoms with E-state index in [2.05, 4.69) is 22.9 Å². The monoisotopic (exact) mass is 323 g/mol. The first-order valence-electron chi connectivity index (χ1n) is 6.76. The number of alkyl carbamates (subject to hydrolysis) is 1. The van der Waals surface area contributed by atoms with Crippen molar-refractivity contribution in [3.8, 4) is 18.6 Å². The van der Waals surface area contributed by atoms with Gasteiger partial charge in [0.1, 0.15) is 17.9 Å². The summed E-state index contributed by atoms with van der Waals surface area (Å²) in [4.78, 5) is 21.5. The molecule has 0 spiro atoms. The van der Waals surface area contributed by atoms with Crippen LogP contribution in [0.15, 0.2) is 24.3 Å². The molecule has 0 unspecified atom stereocenters. The zero-order valence-electron chi connectivity index (χ0n) is 14.3. The fourth-order valence-electron chi connectivity index (χ4n) is 1.08. The number of methoxy groups -OCH3 is 1. The molecule has 23 heavy (non-hydrogen) atoms. The Balaban J connectivity index is 0. The number of terminal acetylenes is 1. The number of phenolic OH excluding ortho intramolecular Hbond substituents is 1. The van der Waals surface area contributed by atoms with E-state index in [1.165, 1.54) is 12.7 Å². The quantitative estimate of drug-likeness (QED) is 0.645. The van der Waals surface area contributed by atoms with Gasteiger partial charge in [0.25, 0.3) is 0 Å². The normalized spacial score (nSPS) is 9.17. The number of hydrogen-bond donors (Lipinski definition) is 2. The van der Waals surface area contributed by atoms with E-state index in [9.17, 15) is 9.59 Å². The number of carbonyl (C=O) groups excluding carboxylic acids is 2. The van der Waals surface area contributed by atoms with Gasteiger partial charge in [0.15, 0.2) is 0 Å². The smallest absolute Gasteiger partial charge is 0.408 e. The fourth-order valence-corrected chi connectivity index (χ4v) is 1.08. The maximum atomic E-state index is 10.9. The largest absolute Gasteiger partial charge is 0.508 e. The van der Waals surface area contributed by atoms with E-state index < -0.39 is 17.7 Å². The molecule has 0 fully saturated rings. The molecule has 0 aromatic heterocycles. The molecule has 0 heterocycles. The molecule has 1 rings (SSSR count). The van der Waals surface area contributed by atoms with Crippen molar-refractivity contribution in [1.82, 2.24) is 5.32 Å². The van der Waals surface area contributed by atoms with Crippen molar-refractivity contribution in [3.63, 3.8) is 0 Å². The van der Waals surface area contributed by atoms with Crippen molar-refractivity contribution in [2.45, 2.75) is 33.3 Å². The molecular weight excluding hydrogens is 298 g/mol. The minimum atomic E-state index is -0.627. The average molecular weight is 323 g/mol. The molecule has 6 heteroatoms. The first-order chi connectivity index (χ1) is 10.6. The molecule has 0 radical (unpaired) electrons. The number of rotatable bonds is 2. The molecule has 128 valence electrons. The summed E-state index contributed by atoms with van der Waals surface area (Å²) in [6.45, 7) is 7.03. The van der Waals surface area contributed by atoms with E-state index in [1.54, 1.807) is 32.9 Å². The van der Waals surface area contributed by atoms with Crippen LogP contribution < -0.4 is 5.32 Å². The van der Waals surface area contributed by atoms with Crippen LogP contribution in [-0.2, 0) is 14.3 Å². The van der Waals surface area contributed by atoms with Crippen LogP contribution >= 0.6 is 0 Å². The Morgan fingerprint density at radius 2 is 1.65 bits per heavy atom. The van der Waals surface area contributed by atoms with Crippen LogP contribution in [0.5, 0.6) is 5.75 Å². The Morgan fingerprint density at radius 3 is 2.00 bits per heavy atom. The SMILES string of the molecule is C#C.COC(=O)CNC(=O)OC(C)(C)C.Cc1ccc(O)cc1. The third-order valence-electron chi connectivity index (χ3n) is 2.04. The van der Waals surface area contributed by atoms with Crippen LogP contribution in [0.1, 0.15) is 26.3 Å². The van der Waals surface area contributed by atoms with Gasteiger partial charge in [-0.25, -0.2) is 4.79 Å². The van der Waals surface area contributed by atoms with Crippen molar-refractivity contribution in [2.75, 3.05) is 13.7 Å². The number of benzene rings is 1. The topological polar surface area (TPSA) is 84.9 Å². The summed E-state index contributed by atoms with van der Waals surface area (Å²) < 4.78 is 9.20. The van der Waals surface area contributed by atoms with E-state index in [-0.39, 0.29) is 6.54 Å². The molecule has 0 saturated carbocycles. The number of ether oxygens (including phenoxy) is 2. The first-order valence-corrected chi connectivity index (χ1v) is 6.76. The summed E-state index contributed by atoms with van der Waals surface area (Å²) in [7, 11) is 1.25. The number of carbonyl (C=O) groups is 2. The van der Waals surface area contributed by atoms with Gasteiger partial charge in [0.2, 0.25) is 0 Å². The second kappa shape index (κ2) is 11.9. The minimum absolute atomic E-state index is 0.175. The van der Waals surface area contributed by atoms with Gasteiger partial charge in [-0.3, -0.25) is 4.79 Å². The highest BCUT2D eigenvalue weighted by atomic mass is 16.6. The van der Waals surface area contributed by atoms with Gasteiger partial charge in [-0.2, -0.15) is 0 Å². The van der Waals surface area contributed by atoms with E-state index >= 15 is 0 Å². The zero-order chi connectivity index (χ0) is 18.5. The Hall–Kier alpha value is -2.68. The van der Waals surface area contributed by atoms with Crippen LogP contribution in [0.3, 0.4) is 0 Å². The molecule has 0 atom stereocenters. The van der Waals surface area contributed by atoms with E-state index in [4.69, 9.17) is 9.84 Å². The predicted molar refractivity (Wildman–Crippen MR) is 89.0 cm³/mol. The summed E-state index contributed by atoms with van der Waals surface area (Å²) in [5, 5.41) is 11.0. The van der Waals surface area contributed by atoms with Crippen LogP contribution in [0.4, 0.5) is 4.79 Å². The Bertz CT molecular complexity index is 465. The minimum Gasteiger partial charge on any atom is -0.508 e. The van der Waals surface area contributed by atoms with E-state index in [1.807, 2.05) is 19.1 Å². The molecular formula is C17H25NO5. The predicted octanol–water partition coefficient (Wildman–Crippen LogP) is 2.63. The molecule has 6 nitrogen and oxygen atoms in total. The molecule has 2 N–H and O–H groups in total. The summed E-state index contributed by atoms with van der Waals surface area (Å²) in [5.41, 5.74) is 0.614. The maximum absolute atomic E-state index is 10.9. The molecule has 0 aliphatic heterocycles. The van der Waals surface area contributed by atoms with Gasteiger partial charge in [-0.1, -0.05) is 17.7 Å². The second-order valence-electron chi connectivity index (χ2n) is 5.27. The average Bonchev–Trinajstić information content (AvgIpc) is 2.49. The van der Waals surface area contributed by atoms with Crippen LogP contribution in [0.25, 0.3) is 0 Å². The van der Waals surface area contributed by atoms with Gasteiger partial charge >= 0.3 is 12.1 Å². The van der Waals surface area contributed by atoms with Gasteiger partial charge < -0.3 is 19.9 Å². The van der Waals surface area contributed by atoms with Crippen LogP contribution in [0, 0.1) is 19.8 Å². The molecule has 1 aromatic rings. The molecule has 1 aromatic carbocycles. The highest BCUT2D eigenvalue weighted by Gasteiger charge is 2.16. The van der Waals surface area contributed by atoms with E-state index in [0.29, 0.717) is 5.75 Å². The third-order valence-corrected chi connectivity index (χ3v) is 2.04. The Kier molecular flexibility index (Phi) is 11.7. The molecule has 1 amide bonds. The number of amides is 1. The van der Waals surface area contributed by atoms with E-state index in [0.717, 1.165) is 0 Å². The number of phenols is 1. The number of aryl methyl sites for hydroxylation is 1. The Labute approximate surface area is 137 Å². The van der Waals surface area contributed by atoms with Crippen molar-refractivity contribution >= 4 is 12.1 Å². The molecule has 0 aliphatic rings. The summed E-state index contributed by atoms with van der Waals surface area (Å²) in [5.74, 6) is -0.179. The van der Waals surface area contributed by atoms with Crippen molar-refractivity contribution in [2.24, 2.45) is 0 Å². The van der Waals surface area contributed by atoms with Crippen molar-refractivity contribution < 1.29 is 24.2 Å². The standard InChI is InChI=1S/C8H15NO4.C7H8O.C2H2/c1-8(2,3)13-7(11)9-5-6(10)12-4;1-6-2-4-7(8)5-3-6;1-2/h5H2,1-4H3,(H,9,11);2-5,8H,1H3;1-2H. The number of nitrogens with one attached hydrogen (secondary N) is 1. The fraction of sp³-hybridized carbons (Fsp3) is 0.412. The lowest BCUT2D eigenvalue weighted by atomic mass is 10.2. The van der Waals surface area contributed by atoms with Crippen LogP contribution in [-0.4, -0.2) is 36.4 Å².